The van der Waals surface area contributed by atoms with Crippen molar-refractivity contribution in [3.63, 3.8) is 0 Å². The summed E-state index contributed by atoms with van der Waals surface area (Å²) in [4.78, 5) is 7.58. The van der Waals surface area contributed by atoms with Crippen LogP contribution in [0.5, 0.6) is 0 Å². The third-order valence-corrected chi connectivity index (χ3v) is 17.1. The number of para-hydroxylation sites is 2. The summed E-state index contributed by atoms with van der Waals surface area (Å²) in [5.74, 6) is 0. The van der Waals surface area contributed by atoms with Gasteiger partial charge in [0, 0.05) is 67.5 Å². The van der Waals surface area contributed by atoms with Crippen molar-refractivity contribution in [3.8, 4) is 22.3 Å². The van der Waals surface area contributed by atoms with Crippen LogP contribution in [0, 0.1) is 0 Å². The van der Waals surface area contributed by atoms with Gasteiger partial charge in [0.15, 0.2) is 0 Å². The van der Waals surface area contributed by atoms with E-state index in [9.17, 15) is 0 Å². The molecule has 0 bridgehead atoms. The zero-order chi connectivity index (χ0) is 56.3. The molecular formula is C76H72BN3O. The molecule has 5 heteroatoms. The Labute approximate surface area is 480 Å². The summed E-state index contributed by atoms with van der Waals surface area (Å²) in [6.07, 6.45) is 0. The number of hydrogen-bond acceptors (Lipinski definition) is 4. The van der Waals surface area contributed by atoms with Gasteiger partial charge >= 0.3 is 0 Å². The molecule has 0 spiro atoms. The second-order valence-electron chi connectivity index (χ2n) is 26.7. The van der Waals surface area contributed by atoms with Gasteiger partial charge in [-0.1, -0.05) is 217 Å². The van der Waals surface area contributed by atoms with Crippen molar-refractivity contribution >= 4 is 96.2 Å². The minimum absolute atomic E-state index is 0.0116. The van der Waals surface area contributed by atoms with Gasteiger partial charge in [0.1, 0.15) is 11.2 Å². The van der Waals surface area contributed by atoms with E-state index in [-0.39, 0.29) is 28.4 Å². The number of anilines is 9. The van der Waals surface area contributed by atoms with Crippen LogP contribution in [0.3, 0.4) is 0 Å². The van der Waals surface area contributed by atoms with Gasteiger partial charge in [-0.05, 0) is 162 Å². The van der Waals surface area contributed by atoms with Gasteiger partial charge in [0.05, 0.1) is 0 Å². The van der Waals surface area contributed by atoms with Gasteiger partial charge in [0.2, 0.25) is 0 Å². The molecule has 10 aromatic carbocycles. The Morgan fingerprint density at radius 2 is 0.840 bits per heavy atom. The first-order valence-corrected chi connectivity index (χ1v) is 28.9. The van der Waals surface area contributed by atoms with E-state index in [2.05, 4.69) is 310 Å². The monoisotopic (exact) mass is 1050 g/mol. The van der Waals surface area contributed by atoms with Gasteiger partial charge in [-0.15, -0.1) is 0 Å². The van der Waals surface area contributed by atoms with Crippen molar-refractivity contribution in [2.45, 2.75) is 105 Å². The van der Waals surface area contributed by atoms with Crippen LogP contribution < -0.4 is 31.1 Å². The Bertz CT molecular complexity index is 4130. The number of benzene rings is 10. The number of hydrogen-bond donors (Lipinski definition) is 0. The summed E-state index contributed by atoms with van der Waals surface area (Å²) in [5, 5.41) is 2.26. The zero-order valence-corrected chi connectivity index (χ0v) is 49.1. The lowest BCUT2D eigenvalue weighted by Crippen LogP contribution is -2.61. The van der Waals surface area contributed by atoms with Crippen LogP contribution in [-0.4, -0.2) is 6.71 Å². The van der Waals surface area contributed by atoms with E-state index in [0.717, 1.165) is 61.5 Å². The van der Waals surface area contributed by atoms with Crippen LogP contribution in [0.15, 0.2) is 223 Å². The average molecular weight is 1050 g/mol. The second kappa shape index (κ2) is 19.1. The smallest absolute Gasteiger partial charge is 0.252 e. The highest BCUT2D eigenvalue weighted by Crippen LogP contribution is 2.49. The topological polar surface area (TPSA) is 22.9 Å². The number of rotatable bonds is 7. The normalized spacial score (nSPS) is 13.4. The molecular weight excluding hydrogens is 982 g/mol. The first-order valence-electron chi connectivity index (χ1n) is 28.9. The molecule has 3 heterocycles. The molecule has 0 amide bonds. The highest BCUT2D eigenvalue weighted by molar-refractivity contribution is 7.00. The minimum Gasteiger partial charge on any atom is -0.455 e. The first-order chi connectivity index (χ1) is 38.7. The predicted molar refractivity (Wildman–Crippen MR) is 348 cm³/mol. The predicted octanol–water partition coefficient (Wildman–Crippen LogP) is 19.7. The van der Waals surface area contributed by atoms with Gasteiger partial charge in [-0.3, -0.25) is 0 Å². The maximum Gasteiger partial charge on any atom is 0.252 e. The van der Waals surface area contributed by atoms with Crippen LogP contribution >= 0.6 is 0 Å². The Kier molecular flexibility index (Phi) is 12.2. The Morgan fingerprint density at radius 1 is 0.346 bits per heavy atom. The minimum atomic E-state index is -0.182. The van der Waals surface area contributed by atoms with Gasteiger partial charge in [-0.25, -0.2) is 0 Å². The van der Waals surface area contributed by atoms with Crippen LogP contribution in [0.1, 0.15) is 105 Å². The fourth-order valence-electron chi connectivity index (χ4n) is 12.5. The molecule has 0 unspecified atom stereocenters. The van der Waals surface area contributed by atoms with E-state index in [0.29, 0.717) is 0 Å². The number of furan rings is 1. The first kappa shape index (κ1) is 51.9. The van der Waals surface area contributed by atoms with Crippen molar-refractivity contribution in [1.29, 1.82) is 0 Å². The SMILES string of the molecule is CC(C)(C)c1ccc(N(c2ccc(C(C)(C)C)cc2)c2ccc3c(c2)N(c2ccc(C(C)(C)C)cc2)c2cc(C(C)(C)C)cc4c2B3c2cc(-c3ccccc3)ccc2N4c2ccc(-c3cccc4c3oc3ccccc34)cc2)cc1. The van der Waals surface area contributed by atoms with Gasteiger partial charge < -0.3 is 19.1 Å². The Hall–Kier alpha value is -8.54. The molecule has 1 aromatic heterocycles. The summed E-state index contributed by atoms with van der Waals surface area (Å²) >= 11 is 0. The molecule has 0 fully saturated rings. The van der Waals surface area contributed by atoms with Crippen LogP contribution in [-0.2, 0) is 21.7 Å². The third kappa shape index (κ3) is 9.12. The Morgan fingerprint density at radius 3 is 1.42 bits per heavy atom. The number of nitrogens with zero attached hydrogens (tertiary/aromatic N) is 3. The lowest BCUT2D eigenvalue weighted by molar-refractivity contribution is 0.590. The fraction of sp³-hybridized carbons (Fsp3) is 0.211. The maximum absolute atomic E-state index is 6.59. The van der Waals surface area contributed by atoms with Crippen LogP contribution in [0.25, 0.3) is 44.2 Å². The highest BCUT2D eigenvalue weighted by Gasteiger charge is 2.45. The summed E-state index contributed by atoms with van der Waals surface area (Å²) in [7, 11) is 0. The summed E-state index contributed by atoms with van der Waals surface area (Å²) in [6, 6.07) is 82.2. The van der Waals surface area contributed by atoms with Crippen LogP contribution in [0.2, 0.25) is 0 Å². The van der Waals surface area contributed by atoms with E-state index >= 15 is 0 Å². The molecule has 0 aliphatic carbocycles. The number of fused-ring (bicyclic) bond motifs is 7. The second-order valence-corrected chi connectivity index (χ2v) is 26.7. The molecule has 0 saturated carbocycles. The van der Waals surface area contributed by atoms with E-state index in [4.69, 9.17) is 4.42 Å². The van der Waals surface area contributed by atoms with Gasteiger partial charge in [0.25, 0.3) is 6.71 Å². The van der Waals surface area contributed by atoms with E-state index in [1.54, 1.807) is 0 Å². The summed E-state index contributed by atoms with van der Waals surface area (Å²) in [6.45, 7) is 27.6. The van der Waals surface area contributed by atoms with Crippen molar-refractivity contribution in [2.75, 3.05) is 14.7 Å². The third-order valence-electron chi connectivity index (χ3n) is 17.1. The lowest BCUT2D eigenvalue weighted by Gasteiger charge is -2.45. The largest absolute Gasteiger partial charge is 0.455 e. The highest BCUT2D eigenvalue weighted by atomic mass is 16.3. The molecule has 81 heavy (non-hydrogen) atoms. The van der Waals surface area contributed by atoms with E-state index in [1.807, 2.05) is 6.07 Å². The molecule has 0 N–H and O–H groups in total. The molecule has 2 aliphatic heterocycles. The van der Waals surface area contributed by atoms with Gasteiger partial charge in [-0.2, -0.15) is 0 Å². The Balaban J connectivity index is 1.06. The van der Waals surface area contributed by atoms with Crippen molar-refractivity contribution in [1.82, 2.24) is 0 Å². The molecule has 0 radical (unpaired) electrons. The van der Waals surface area contributed by atoms with E-state index in [1.165, 1.54) is 72.5 Å². The van der Waals surface area contributed by atoms with Crippen molar-refractivity contribution in [2.24, 2.45) is 0 Å². The van der Waals surface area contributed by atoms with E-state index < -0.39 is 0 Å². The molecule has 13 rings (SSSR count). The zero-order valence-electron chi connectivity index (χ0n) is 49.1. The molecule has 0 atom stereocenters. The fourth-order valence-corrected chi connectivity index (χ4v) is 12.5. The standard InChI is InChI=1S/C76H72BN3O/c1-73(2,3)52-28-36-56(37-29-52)78(57-38-30-53(31-39-57)74(4,5)6)60-42-43-64-67(48-60)80(59-40-32-54(33-41-59)75(7,8)9)69-47-55(76(10,11)12)46-68-71(69)77(64)65-45-51(49-19-14-13-15-20-49)27-44-66(65)79(68)58-34-25-50(26-35-58)61-22-18-23-63-62-21-16-17-24-70(62)81-72(61)63/h13-48H,1-12H3. The lowest BCUT2D eigenvalue weighted by atomic mass is 9.33. The quantitative estimate of drug-likeness (QED) is 0.148. The summed E-state index contributed by atoms with van der Waals surface area (Å²) in [5.41, 5.74) is 25.6. The average Bonchev–Trinajstić information content (AvgIpc) is 3.98. The molecule has 0 saturated heterocycles. The molecule has 400 valence electrons. The summed E-state index contributed by atoms with van der Waals surface area (Å²) < 4.78 is 6.59. The molecule has 2 aliphatic rings. The van der Waals surface area contributed by atoms with Crippen molar-refractivity contribution < 1.29 is 4.42 Å². The van der Waals surface area contributed by atoms with Crippen LogP contribution in [0.4, 0.5) is 51.2 Å². The van der Waals surface area contributed by atoms with Crippen molar-refractivity contribution in [3.05, 3.63) is 241 Å². The molecule has 11 aromatic rings. The molecule has 4 nitrogen and oxygen atoms in total. The maximum atomic E-state index is 6.59.